The molecule has 2 amide bonds. The average molecular weight is 451 g/mol. The topological polar surface area (TPSA) is 64.7 Å². The molecule has 0 aromatic heterocycles. The quantitative estimate of drug-likeness (QED) is 0.581. The van der Waals surface area contributed by atoms with Gasteiger partial charge in [-0.15, -0.1) is 0 Å². The molecular weight excluding hydrogens is 412 g/mol. The molecule has 1 aliphatic rings. The third-order valence-corrected chi connectivity index (χ3v) is 6.03. The Morgan fingerprint density at radius 3 is 2.24 bits per heavy atom. The van der Waals surface area contributed by atoms with Gasteiger partial charge in [0.25, 0.3) is 11.8 Å². The highest BCUT2D eigenvalue weighted by molar-refractivity contribution is 6.06. The summed E-state index contributed by atoms with van der Waals surface area (Å²) in [5.41, 5.74) is 3.99. The van der Waals surface area contributed by atoms with Crippen LogP contribution in [0.5, 0.6) is 0 Å². The molecule has 33 heavy (non-hydrogen) atoms. The Kier molecular flexibility index (Phi) is 8.14. The molecule has 1 aliphatic heterocycles. The maximum atomic E-state index is 13.0. The van der Waals surface area contributed by atoms with Crippen molar-refractivity contribution in [1.82, 2.24) is 10.2 Å². The van der Waals surface area contributed by atoms with Crippen molar-refractivity contribution in [3.63, 3.8) is 0 Å². The van der Waals surface area contributed by atoms with Crippen molar-refractivity contribution < 1.29 is 9.59 Å². The fourth-order valence-corrected chi connectivity index (χ4v) is 4.05. The summed E-state index contributed by atoms with van der Waals surface area (Å²) in [5.74, 6) is -0.275. The van der Waals surface area contributed by atoms with Crippen molar-refractivity contribution in [3.05, 3.63) is 59.2 Å². The van der Waals surface area contributed by atoms with E-state index in [9.17, 15) is 9.59 Å². The van der Waals surface area contributed by atoms with E-state index in [1.807, 2.05) is 50.5 Å². The molecule has 2 N–H and O–H groups in total. The second-order valence-corrected chi connectivity index (χ2v) is 10.1. The highest BCUT2D eigenvalue weighted by Crippen LogP contribution is 2.28. The SMILES string of the molecule is CN(C)CCCNC(=O)c1cc(NC(=O)c2ccc(C(C)(C)C)cc2)ccc1N1CCCC1. The summed E-state index contributed by atoms with van der Waals surface area (Å²) in [5, 5.41) is 6.01. The number of anilines is 2. The zero-order valence-corrected chi connectivity index (χ0v) is 20.7. The number of nitrogens with zero attached hydrogens (tertiary/aromatic N) is 2. The second-order valence-electron chi connectivity index (χ2n) is 10.1. The summed E-state index contributed by atoms with van der Waals surface area (Å²) in [6, 6.07) is 13.3. The standard InChI is InChI=1S/C27H38N4O2/c1-27(2,3)21-11-9-20(10-12-21)25(32)29-22-13-14-24(31-17-6-7-18-31)23(19-22)26(33)28-15-8-16-30(4)5/h9-14,19H,6-8,15-18H2,1-5H3,(H,28,33)(H,29,32). The van der Waals surface area contributed by atoms with Crippen molar-refractivity contribution in [2.75, 3.05) is 50.5 Å². The van der Waals surface area contributed by atoms with Gasteiger partial charge in [0.2, 0.25) is 0 Å². The van der Waals surface area contributed by atoms with Gasteiger partial charge in [-0.3, -0.25) is 9.59 Å². The first-order valence-corrected chi connectivity index (χ1v) is 11.9. The Labute approximate surface area is 198 Å². The number of hydrogen-bond donors (Lipinski definition) is 2. The summed E-state index contributed by atoms with van der Waals surface area (Å²) in [6.07, 6.45) is 3.15. The molecule has 0 saturated carbocycles. The Bertz CT molecular complexity index is 955. The number of benzene rings is 2. The summed E-state index contributed by atoms with van der Waals surface area (Å²) >= 11 is 0. The van der Waals surface area contributed by atoms with E-state index in [0.717, 1.165) is 44.6 Å². The number of nitrogens with one attached hydrogen (secondary N) is 2. The van der Waals surface area contributed by atoms with Crippen molar-refractivity contribution in [1.29, 1.82) is 0 Å². The van der Waals surface area contributed by atoms with Gasteiger partial charge in [0.05, 0.1) is 5.56 Å². The first kappa shape index (κ1) is 24.8. The Morgan fingerprint density at radius 1 is 0.970 bits per heavy atom. The van der Waals surface area contributed by atoms with Crippen LogP contribution < -0.4 is 15.5 Å². The van der Waals surface area contributed by atoms with Crippen LogP contribution in [-0.4, -0.2) is 57.0 Å². The van der Waals surface area contributed by atoms with Gasteiger partial charge >= 0.3 is 0 Å². The van der Waals surface area contributed by atoms with Gasteiger partial charge in [-0.2, -0.15) is 0 Å². The third kappa shape index (κ3) is 6.81. The fraction of sp³-hybridized carbons (Fsp3) is 0.481. The molecule has 0 unspecified atom stereocenters. The van der Waals surface area contributed by atoms with Crippen molar-refractivity contribution in [2.45, 2.75) is 45.4 Å². The molecule has 1 fully saturated rings. The predicted molar refractivity (Wildman–Crippen MR) is 136 cm³/mol. The minimum atomic E-state index is -0.179. The summed E-state index contributed by atoms with van der Waals surface area (Å²) in [4.78, 5) is 30.2. The van der Waals surface area contributed by atoms with E-state index in [4.69, 9.17) is 0 Å². The van der Waals surface area contributed by atoms with Gasteiger partial charge in [0, 0.05) is 36.6 Å². The highest BCUT2D eigenvalue weighted by Gasteiger charge is 2.21. The molecule has 1 heterocycles. The van der Waals surface area contributed by atoms with E-state index in [1.165, 1.54) is 5.56 Å². The minimum Gasteiger partial charge on any atom is -0.371 e. The molecule has 2 aromatic carbocycles. The fourth-order valence-electron chi connectivity index (χ4n) is 4.05. The van der Waals surface area contributed by atoms with Crippen molar-refractivity contribution in [3.8, 4) is 0 Å². The summed E-state index contributed by atoms with van der Waals surface area (Å²) < 4.78 is 0. The van der Waals surface area contributed by atoms with Crippen LogP contribution in [0, 0.1) is 0 Å². The maximum Gasteiger partial charge on any atom is 0.255 e. The second kappa shape index (κ2) is 10.8. The first-order valence-electron chi connectivity index (χ1n) is 11.9. The monoisotopic (exact) mass is 450 g/mol. The van der Waals surface area contributed by atoms with Gasteiger partial charge in [0.15, 0.2) is 0 Å². The van der Waals surface area contributed by atoms with E-state index in [2.05, 4.69) is 41.2 Å². The van der Waals surface area contributed by atoms with Crippen LogP contribution in [0.25, 0.3) is 0 Å². The molecule has 6 nitrogen and oxygen atoms in total. The first-order chi connectivity index (χ1) is 15.6. The van der Waals surface area contributed by atoms with E-state index < -0.39 is 0 Å². The van der Waals surface area contributed by atoms with Crippen molar-refractivity contribution >= 4 is 23.2 Å². The Hall–Kier alpha value is -2.86. The maximum absolute atomic E-state index is 13.0. The van der Waals surface area contributed by atoms with Crippen LogP contribution in [-0.2, 0) is 5.41 Å². The van der Waals surface area contributed by atoms with Crippen LogP contribution in [0.3, 0.4) is 0 Å². The summed E-state index contributed by atoms with van der Waals surface area (Å²) in [7, 11) is 4.05. The van der Waals surface area contributed by atoms with Crippen LogP contribution in [0.1, 0.15) is 66.3 Å². The average Bonchev–Trinajstić information content (AvgIpc) is 3.30. The van der Waals surface area contributed by atoms with Gasteiger partial charge in [-0.25, -0.2) is 0 Å². The van der Waals surface area contributed by atoms with E-state index in [-0.39, 0.29) is 17.2 Å². The van der Waals surface area contributed by atoms with Gasteiger partial charge < -0.3 is 20.4 Å². The Balaban J connectivity index is 1.76. The predicted octanol–water partition coefficient (Wildman–Crippen LogP) is 4.52. The zero-order chi connectivity index (χ0) is 24.0. The lowest BCUT2D eigenvalue weighted by Crippen LogP contribution is -2.29. The van der Waals surface area contributed by atoms with E-state index in [0.29, 0.717) is 23.4 Å². The molecule has 0 aliphatic carbocycles. The number of hydrogen-bond acceptors (Lipinski definition) is 4. The van der Waals surface area contributed by atoms with Gasteiger partial charge in [-0.05, 0) is 81.2 Å². The van der Waals surface area contributed by atoms with Crippen LogP contribution in [0.15, 0.2) is 42.5 Å². The van der Waals surface area contributed by atoms with Crippen LogP contribution in [0.2, 0.25) is 0 Å². The number of rotatable bonds is 8. The lowest BCUT2D eigenvalue weighted by atomic mass is 9.87. The van der Waals surface area contributed by atoms with Crippen LogP contribution in [0.4, 0.5) is 11.4 Å². The van der Waals surface area contributed by atoms with Crippen LogP contribution >= 0.6 is 0 Å². The molecule has 178 valence electrons. The Morgan fingerprint density at radius 2 is 1.64 bits per heavy atom. The van der Waals surface area contributed by atoms with Crippen molar-refractivity contribution in [2.24, 2.45) is 0 Å². The number of carbonyl (C=O) groups is 2. The molecule has 0 radical (unpaired) electrons. The van der Waals surface area contributed by atoms with E-state index >= 15 is 0 Å². The molecule has 1 saturated heterocycles. The largest absolute Gasteiger partial charge is 0.371 e. The van der Waals surface area contributed by atoms with E-state index in [1.54, 1.807) is 6.07 Å². The molecule has 0 atom stereocenters. The normalized spacial score (nSPS) is 13.9. The molecule has 6 heteroatoms. The molecule has 0 bridgehead atoms. The third-order valence-electron chi connectivity index (χ3n) is 6.03. The highest BCUT2D eigenvalue weighted by atomic mass is 16.2. The summed E-state index contributed by atoms with van der Waals surface area (Å²) in [6.45, 7) is 9.89. The molecular formula is C27H38N4O2. The molecule has 3 rings (SSSR count). The molecule has 0 spiro atoms. The number of carbonyl (C=O) groups excluding carboxylic acids is 2. The lowest BCUT2D eigenvalue weighted by molar-refractivity contribution is 0.0951. The van der Waals surface area contributed by atoms with Gasteiger partial charge in [-0.1, -0.05) is 32.9 Å². The lowest BCUT2D eigenvalue weighted by Gasteiger charge is -2.22. The zero-order valence-electron chi connectivity index (χ0n) is 20.7. The van der Waals surface area contributed by atoms with Gasteiger partial charge in [0.1, 0.15) is 0 Å². The number of amides is 2. The minimum absolute atomic E-state index is 0.0369. The molecule has 2 aromatic rings. The smallest absolute Gasteiger partial charge is 0.255 e.